The zero-order valence-electron chi connectivity index (χ0n) is 16.9. The van der Waals surface area contributed by atoms with E-state index in [0.29, 0.717) is 12.5 Å². The topological polar surface area (TPSA) is 89.4 Å². The predicted octanol–water partition coefficient (Wildman–Crippen LogP) is 4.46. The first-order valence-corrected chi connectivity index (χ1v) is 9.91. The van der Waals surface area contributed by atoms with E-state index in [9.17, 15) is 0 Å². The Kier molecular flexibility index (Phi) is 4.98. The first-order chi connectivity index (χ1) is 15.2. The number of rotatable bonds is 5. The fourth-order valence-electron chi connectivity index (χ4n) is 3.29. The molecule has 150 valence electrons. The summed E-state index contributed by atoms with van der Waals surface area (Å²) in [6.45, 7) is 2.54. The maximum Gasteiger partial charge on any atom is 0.223 e. The summed E-state index contributed by atoms with van der Waals surface area (Å²) in [6.07, 6.45) is 8.91. The minimum Gasteiger partial charge on any atom is -0.350 e. The van der Waals surface area contributed by atoms with Gasteiger partial charge in [-0.2, -0.15) is 0 Å². The van der Waals surface area contributed by atoms with Gasteiger partial charge in [0.1, 0.15) is 0 Å². The van der Waals surface area contributed by atoms with Gasteiger partial charge in [-0.05, 0) is 48.9 Å². The molecule has 0 aliphatic carbocycles. The molecule has 0 aliphatic heterocycles. The lowest BCUT2D eigenvalue weighted by Crippen LogP contribution is -2.04. The van der Waals surface area contributed by atoms with E-state index in [1.165, 1.54) is 0 Å². The number of fused-ring (bicyclic) bond motifs is 1. The fourth-order valence-corrected chi connectivity index (χ4v) is 3.29. The van der Waals surface area contributed by atoms with Gasteiger partial charge in [-0.1, -0.05) is 12.1 Å². The van der Waals surface area contributed by atoms with Crippen molar-refractivity contribution < 1.29 is 0 Å². The number of pyridine rings is 4. The van der Waals surface area contributed by atoms with Crippen molar-refractivity contribution in [2.45, 2.75) is 13.5 Å². The molecule has 31 heavy (non-hydrogen) atoms. The van der Waals surface area contributed by atoms with Crippen molar-refractivity contribution in [1.82, 2.24) is 29.9 Å². The standard InChI is InChI=1S/C24H19N7/c1-16-11-19(6-9-25-16)20-5-4-17(13-28-20)14-30-24-27-10-7-21(31-24)22-12-18-3-2-8-26-23(18)15-29-22/h2-13,15H,14H2,1H3,(H,27,30,31). The molecule has 1 N–H and O–H groups in total. The van der Waals surface area contributed by atoms with Crippen LogP contribution in [0.25, 0.3) is 33.5 Å². The molecule has 0 amide bonds. The fraction of sp³-hybridized carbons (Fsp3) is 0.0833. The minimum absolute atomic E-state index is 0.541. The second kappa shape index (κ2) is 8.23. The lowest BCUT2D eigenvalue weighted by molar-refractivity contribution is 1.04. The van der Waals surface area contributed by atoms with Crippen LogP contribution in [0.15, 0.2) is 79.5 Å². The van der Waals surface area contributed by atoms with Crippen molar-refractivity contribution in [2.75, 3.05) is 5.32 Å². The first-order valence-electron chi connectivity index (χ1n) is 9.91. The van der Waals surface area contributed by atoms with Crippen LogP contribution in [0, 0.1) is 6.92 Å². The molecule has 0 atom stereocenters. The van der Waals surface area contributed by atoms with Crippen LogP contribution in [0.3, 0.4) is 0 Å². The molecule has 0 aromatic carbocycles. The van der Waals surface area contributed by atoms with Gasteiger partial charge in [0.25, 0.3) is 0 Å². The van der Waals surface area contributed by atoms with Crippen molar-refractivity contribution in [3.8, 4) is 22.6 Å². The highest BCUT2D eigenvalue weighted by atomic mass is 15.1. The normalized spacial score (nSPS) is 10.9. The summed E-state index contributed by atoms with van der Waals surface area (Å²) >= 11 is 0. The third-order valence-corrected chi connectivity index (χ3v) is 4.88. The maximum absolute atomic E-state index is 4.61. The van der Waals surface area contributed by atoms with Gasteiger partial charge in [0, 0.05) is 48.0 Å². The van der Waals surface area contributed by atoms with E-state index in [2.05, 4.69) is 35.2 Å². The van der Waals surface area contributed by atoms with Gasteiger partial charge in [-0.3, -0.25) is 19.9 Å². The highest BCUT2D eigenvalue weighted by molar-refractivity contribution is 5.81. The monoisotopic (exact) mass is 405 g/mol. The smallest absolute Gasteiger partial charge is 0.223 e. The van der Waals surface area contributed by atoms with E-state index in [4.69, 9.17) is 0 Å². The number of aromatic nitrogens is 6. The molecule has 0 unspecified atom stereocenters. The van der Waals surface area contributed by atoms with Crippen LogP contribution < -0.4 is 5.32 Å². The molecule has 5 aromatic heterocycles. The molecule has 5 heterocycles. The molecule has 0 saturated carbocycles. The zero-order valence-corrected chi connectivity index (χ0v) is 16.9. The van der Waals surface area contributed by atoms with Crippen LogP contribution in [-0.2, 0) is 6.54 Å². The van der Waals surface area contributed by atoms with E-state index in [-0.39, 0.29) is 0 Å². The molecule has 7 heteroatoms. The summed E-state index contributed by atoms with van der Waals surface area (Å²) < 4.78 is 0. The van der Waals surface area contributed by atoms with Crippen LogP contribution in [0.2, 0.25) is 0 Å². The molecule has 5 aromatic rings. The Balaban J connectivity index is 1.30. The summed E-state index contributed by atoms with van der Waals surface area (Å²) in [5, 5.41) is 4.29. The van der Waals surface area contributed by atoms with Crippen molar-refractivity contribution in [1.29, 1.82) is 0 Å². The molecular formula is C24H19N7. The van der Waals surface area contributed by atoms with Crippen molar-refractivity contribution in [3.05, 3.63) is 90.8 Å². The quantitative estimate of drug-likeness (QED) is 0.461. The van der Waals surface area contributed by atoms with Crippen LogP contribution in [0.1, 0.15) is 11.3 Å². The average Bonchev–Trinajstić information content (AvgIpc) is 2.83. The number of nitrogens with one attached hydrogen (secondary N) is 1. The van der Waals surface area contributed by atoms with Crippen molar-refractivity contribution >= 4 is 16.9 Å². The predicted molar refractivity (Wildman–Crippen MR) is 120 cm³/mol. The lowest BCUT2D eigenvalue weighted by Gasteiger charge is -2.08. The summed E-state index contributed by atoms with van der Waals surface area (Å²) in [6, 6.07) is 15.8. The average molecular weight is 405 g/mol. The van der Waals surface area contributed by atoms with Crippen LogP contribution in [0.4, 0.5) is 5.95 Å². The summed E-state index contributed by atoms with van der Waals surface area (Å²) in [7, 11) is 0. The minimum atomic E-state index is 0.541. The molecule has 0 saturated heterocycles. The molecule has 0 fully saturated rings. The number of hydrogen-bond donors (Lipinski definition) is 1. The SMILES string of the molecule is Cc1cc(-c2ccc(CNc3nccc(-c4cc5cccnc5cn4)n3)cn2)ccn1. The van der Waals surface area contributed by atoms with Crippen LogP contribution >= 0.6 is 0 Å². The van der Waals surface area contributed by atoms with Crippen molar-refractivity contribution in [3.63, 3.8) is 0 Å². The Morgan fingerprint density at radius 2 is 1.65 bits per heavy atom. The van der Waals surface area contributed by atoms with E-state index >= 15 is 0 Å². The van der Waals surface area contributed by atoms with Crippen LogP contribution in [-0.4, -0.2) is 29.9 Å². The Morgan fingerprint density at radius 1 is 0.742 bits per heavy atom. The highest BCUT2D eigenvalue weighted by Crippen LogP contribution is 2.20. The Bertz CT molecular complexity index is 1350. The number of aryl methyl sites for hydroxylation is 1. The summed E-state index contributed by atoms with van der Waals surface area (Å²) in [5.41, 5.74) is 6.38. The van der Waals surface area contributed by atoms with Gasteiger partial charge in [0.05, 0.1) is 28.8 Å². The van der Waals surface area contributed by atoms with Gasteiger partial charge in [-0.25, -0.2) is 9.97 Å². The zero-order chi connectivity index (χ0) is 21.0. The molecule has 7 nitrogen and oxygen atoms in total. The van der Waals surface area contributed by atoms with Gasteiger partial charge in [0.2, 0.25) is 5.95 Å². The lowest BCUT2D eigenvalue weighted by atomic mass is 10.1. The van der Waals surface area contributed by atoms with Gasteiger partial charge in [0.15, 0.2) is 0 Å². The van der Waals surface area contributed by atoms with E-state index < -0.39 is 0 Å². The van der Waals surface area contributed by atoms with E-state index in [1.54, 1.807) is 24.8 Å². The van der Waals surface area contributed by atoms with E-state index in [1.807, 2.05) is 61.7 Å². The first kappa shape index (κ1) is 18.7. The van der Waals surface area contributed by atoms with E-state index in [0.717, 1.165) is 44.8 Å². The molecule has 0 spiro atoms. The Labute approximate surface area is 179 Å². The van der Waals surface area contributed by atoms with Crippen molar-refractivity contribution in [2.24, 2.45) is 0 Å². The Morgan fingerprint density at radius 3 is 2.52 bits per heavy atom. The third kappa shape index (κ3) is 4.20. The highest BCUT2D eigenvalue weighted by Gasteiger charge is 2.06. The number of nitrogens with zero attached hydrogens (tertiary/aromatic N) is 6. The number of anilines is 1. The second-order valence-electron chi connectivity index (χ2n) is 7.12. The third-order valence-electron chi connectivity index (χ3n) is 4.88. The molecule has 0 bridgehead atoms. The van der Waals surface area contributed by atoms with Gasteiger partial charge in [-0.15, -0.1) is 0 Å². The van der Waals surface area contributed by atoms with Crippen LogP contribution in [0.5, 0.6) is 0 Å². The molecule has 0 radical (unpaired) electrons. The number of hydrogen-bond acceptors (Lipinski definition) is 7. The van der Waals surface area contributed by atoms with Gasteiger partial charge >= 0.3 is 0 Å². The van der Waals surface area contributed by atoms with Gasteiger partial charge < -0.3 is 5.32 Å². The largest absolute Gasteiger partial charge is 0.350 e. The second-order valence-corrected chi connectivity index (χ2v) is 7.12. The Hall–Kier alpha value is -4.26. The summed E-state index contributed by atoms with van der Waals surface area (Å²) in [5.74, 6) is 0.541. The molecule has 5 rings (SSSR count). The molecule has 0 aliphatic rings. The maximum atomic E-state index is 4.61. The molecular weight excluding hydrogens is 386 g/mol. The summed E-state index contributed by atoms with van der Waals surface area (Å²) in [4.78, 5) is 26.5.